The number of amides is 2. The van der Waals surface area contributed by atoms with Crippen LogP contribution in [0.5, 0.6) is 0 Å². The third-order valence-electron chi connectivity index (χ3n) is 4.73. The normalized spacial score (nSPS) is 16.3. The standard InChI is InChI=1S/C20H20BrN3O2S/c1-5-23-12(3)9-14(13(23)4)10-16-18(25)22-20(27)24(19(16)26)17-7-6-15(21)8-11(17)2/h6-10H,5H2,1-4H3,(H,22,25,27)/b16-10+. The molecule has 1 saturated heterocycles. The number of halogens is 1. The molecule has 1 fully saturated rings. The summed E-state index contributed by atoms with van der Waals surface area (Å²) in [5.74, 6) is -0.896. The van der Waals surface area contributed by atoms with Crippen LogP contribution in [-0.2, 0) is 16.1 Å². The molecule has 0 radical (unpaired) electrons. The number of nitrogens with zero attached hydrogens (tertiary/aromatic N) is 2. The molecule has 1 aliphatic heterocycles. The molecule has 1 aromatic heterocycles. The Morgan fingerprint density at radius 2 is 1.89 bits per heavy atom. The van der Waals surface area contributed by atoms with Crippen LogP contribution >= 0.6 is 28.1 Å². The molecule has 3 rings (SSSR count). The Morgan fingerprint density at radius 3 is 2.48 bits per heavy atom. The van der Waals surface area contributed by atoms with Crippen LogP contribution in [0.4, 0.5) is 5.69 Å². The summed E-state index contributed by atoms with van der Waals surface area (Å²) in [4.78, 5) is 27.0. The van der Waals surface area contributed by atoms with Gasteiger partial charge in [0.15, 0.2) is 5.11 Å². The van der Waals surface area contributed by atoms with E-state index in [0.717, 1.165) is 33.5 Å². The van der Waals surface area contributed by atoms with Gasteiger partial charge in [0, 0.05) is 22.4 Å². The van der Waals surface area contributed by atoms with Crippen LogP contribution in [0, 0.1) is 20.8 Å². The van der Waals surface area contributed by atoms with E-state index in [1.165, 1.54) is 4.90 Å². The molecule has 0 unspecified atom stereocenters. The van der Waals surface area contributed by atoms with Crippen molar-refractivity contribution in [2.24, 2.45) is 0 Å². The largest absolute Gasteiger partial charge is 0.349 e. The Balaban J connectivity index is 2.08. The monoisotopic (exact) mass is 445 g/mol. The molecule has 140 valence electrons. The van der Waals surface area contributed by atoms with Crippen molar-refractivity contribution >= 4 is 56.8 Å². The van der Waals surface area contributed by atoms with Gasteiger partial charge in [-0.25, -0.2) is 0 Å². The van der Waals surface area contributed by atoms with Gasteiger partial charge in [0.05, 0.1) is 5.69 Å². The van der Waals surface area contributed by atoms with Gasteiger partial charge in [-0.05, 0) is 81.4 Å². The van der Waals surface area contributed by atoms with Gasteiger partial charge < -0.3 is 4.57 Å². The number of hydrogen-bond donors (Lipinski definition) is 1. The SMILES string of the molecule is CCn1c(C)cc(/C=C2\C(=O)NC(=S)N(c3ccc(Br)cc3C)C2=O)c1C. The minimum atomic E-state index is -0.475. The lowest BCUT2D eigenvalue weighted by Gasteiger charge is -2.30. The molecule has 5 nitrogen and oxygen atoms in total. The molecule has 1 aromatic carbocycles. The van der Waals surface area contributed by atoms with Crippen LogP contribution in [0.3, 0.4) is 0 Å². The summed E-state index contributed by atoms with van der Waals surface area (Å²) in [5, 5.41) is 2.73. The van der Waals surface area contributed by atoms with Gasteiger partial charge in [0.25, 0.3) is 11.8 Å². The second-order valence-electron chi connectivity index (χ2n) is 6.46. The second kappa shape index (κ2) is 7.40. The number of aryl methyl sites for hydroxylation is 2. The summed E-state index contributed by atoms with van der Waals surface area (Å²) in [6.07, 6.45) is 1.65. The number of carbonyl (C=O) groups excluding carboxylic acids is 2. The lowest BCUT2D eigenvalue weighted by molar-refractivity contribution is -0.122. The summed E-state index contributed by atoms with van der Waals surface area (Å²) in [6.45, 7) is 8.77. The first-order chi connectivity index (χ1) is 12.7. The lowest BCUT2D eigenvalue weighted by Crippen LogP contribution is -2.54. The van der Waals surface area contributed by atoms with Crippen molar-refractivity contribution in [2.45, 2.75) is 34.2 Å². The van der Waals surface area contributed by atoms with E-state index < -0.39 is 11.8 Å². The number of benzene rings is 1. The van der Waals surface area contributed by atoms with Gasteiger partial charge in [0.1, 0.15) is 5.57 Å². The Bertz CT molecular complexity index is 1010. The van der Waals surface area contributed by atoms with Crippen LogP contribution in [0.1, 0.15) is 29.4 Å². The molecule has 2 aromatic rings. The van der Waals surface area contributed by atoms with E-state index >= 15 is 0 Å². The molecule has 1 aliphatic rings. The Labute approximate surface area is 172 Å². The summed E-state index contributed by atoms with van der Waals surface area (Å²) in [7, 11) is 0. The maximum atomic E-state index is 13.2. The second-order valence-corrected chi connectivity index (χ2v) is 7.76. The Morgan fingerprint density at radius 1 is 1.19 bits per heavy atom. The summed E-state index contributed by atoms with van der Waals surface area (Å²) in [5.41, 5.74) is 4.55. The maximum Gasteiger partial charge on any atom is 0.270 e. The van der Waals surface area contributed by atoms with E-state index in [9.17, 15) is 9.59 Å². The topological polar surface area (TPSA) is 54.3 Å². The van der Waals surface area contributed by atoms with Gasteiger partial charge in [-0.1, -0.05) is 15.9 Å². The summed E-state index contributed by atoms with van der Waals surface area (Å²) >= 11 is 8.69. The lowest BCUT2D eigenvalue weighted by atomic mass is 10.1. The molecule has 0 aliphatic carbocycles. The smallest absolute Gasteiger partial charge is 0.270 e. The number of nitrogens with one attached hydrogen (secondary N) is 1. The first-order valence-corrected chi connectivity index (χ1v) is 9.79. The molecular formula is C20H20BrN3O2S. The Kier molecular flexibility index (Phi) is 5.35. The first kappa shape index (κ1) is 19.5. The van der Waals surface area contributed by atoms with E-state index in [0.29, 0.717) is 5.69 Å². The van der Waals surface area contributed by atoms with E-state index in [1.807, 2.05) is 45.0 Å². The zero-order valence-electron chi connectivity index (χ0n) is 15.6. The quantitative estimate of drug-likeness (QED) is 0.440. The number of aromatic nitrogens is 1. The third kappa shape index (κ3) is 3.49. The van der Waals surface area contributed by atoms with E-state index in [2.05, 4.69) is 32.7 Å². The highest BCUT2D eigenvalue weighted by Crippen LogP contribution is 2.28. The molecule has 2 heterocycles. The molecule has 0 saturated carbocycles. The number of thiocarbonyl (C=S) groups is 1. The number of carbonyl (C=O) groups is 2. The van der Waals surface area contributed by atoms with Gasteiger partial charge in [-0.15, -0.1) is 0 Å². The average Bonchev–Trinajstić information content (AvgIpc) is 2.86. The van der Waals surface area contributed by atoms with Crippen molar-refractivity contribution in [1.29, 1.82) is 0 Å². The molecule has 0 spiro atoms. The van der Waals surface area contributed by atoms with Crippen molar-refractivity contribution in [3.8, 4) is 0 Å². The molecule has 2 amide bonds. The predicted molar refractivity (Wildman–Crippen MR) is 115 cm³/mol. The fourth-order valence-corrected chi connectivity index (χ4v) is 4.11. The van der Waals surface area contributed by atoms with Gasteiger partial charge >= 0.3 is 0 Å². The maximum absolute atomic E-state index is 13.2. The summed E-state index contributed by atoms with van der Waals surface area (Å²) < 4.78 is 3.05. The Hall–Kier alpha value is -2.25. The van der Waals surface area contributed by atoms with Crippen LogP contribution in [0.25, 0.3) is 6.08 Å². The van der Waals surface area contributed by atoms with Crippen molar-refractivity contribution in [2.75, 3.05) is 4.90 Å². The molecule has 0 bridgehead atoms. The highest BCUT2D eigenvalue weighted by molar-refractivity contribution is 9.10. The van der Waals surface area contributed by atoms with Crippen molar-refractivity contribution in [3.05, 3.63) is 56.8 Å². The van der Waals surface area contributed by atoms with Crippen molar-refractivity contribution in [1.82, 2.24) is 9.88 Å². The van der Waals surface area contributed by atoms with Crippen LogP contribution in [0.15, 0.2) is 34.3 Å². The number of hydrogen-bond acceptors (Lipinski definition) is 3. The molecular weight excluding hydrogens is 426 g/mol. The highest BCUT2D eigenvalue weighted by Gasteiger charge is 2.35. The van der Waals surface area contributed by atoms with Crippen molar-refractivity contribution < 1.29 is 9.59 Å². The number of rotatable bonds is 3. The number of anilines is 1. The fourth-order valence-electron chi connectivity index (χ4n) is 3.36. The molecule has 1 N–H and O–H groups in total. The summed E-state index contributed by atoms with van der Waals surface area (Å²) in [6, 6.07) is 7.53. The first-order valence-electron chi connectivity index (χ1n) is 8.59. The van der Waals surface area contributed by atoms with Gasteiger partial charge in [0.2, 0.25) is 0 Å². The van der Waals surface area contributed by atoms with Crippen LogP contribution in [0.2, 0.25) is 0 Å². The average molecular weight is 446 g/mol. The predicted octanol–water partition coefficient (Wildman–Crippen LogP) is 4.03. The van der Waals surface area contributed by atoms with Crippen LogP contribution < -0.4 is 10.2 Å². The fraction of sp³-hybridized carbons (Fsp3) is 0.250. The van der Waals surface area contributed by atoms with Crippen molar-refractivity contribution in [3.63, 3.8) is 0 Å². The molecule has 7 heteroatoms. The van der Waals surface area contributed by atoms with E-state index in [4.69, 9.17) is 12.2 Å². The van der Waals surface area contributed by atoms with E-state index in [1.54, 1.807) is 6.08 Å². The highest BCUT2D eigenvalue weighted by atomic mass is 79.9. The zero-order valence-corrected chi connectivity index (χ0v) is 18.0. The van der Waals surface area contributed by atoms with Gasteiger partial charge in [-0.2, -0.15) is 0 Å². The zero-order chi connectivity index (χ0) is 19.9. The van der Waals surface area contributed by atoms with E-state index in [-0.39, 0.29) is 10.7 Å². The van der Waals surface area contributed by atoms with Gasteiger partial charge in [-0.3, -0.25) is 19.8 Å². The molecule has 0 atom stereocenters. The third-order valence-corrected chi connectivity index (χ3v) is 5.51. The molecule has 27 heavy (non-hydrogen) atoms. The minimum Gasteiger partial charge on any atom is -0.349 e. The minimum absolute atomic E-state index is 0.0715. The van der Waals surface area contributed by atoms with Crippen LogP contribution in [-0.4, -0.2) is 21.5 Å².